The third-order valence-corrected chi connectivity index (χ3v) is 0.916. The first-order valence-corrected chi connectivity index (χ1v) is 2.97. The molecule has 0 spiro atoms. The Morgan fingerprint density at radius 3 is 2.89 bits per heavy atom. The summed E-state index contributed by atoms with van der Waals surface area (Å²) in [6.07, 6.45) is 4.84. The van der Waals surface area contributed by atoms with E-state index in [1.54, 1.807) is 19.3 Å². The van der Waals surface area contributed by atoms with E-state index in [0.29, 0.717) is 12.2 Å². The summed E-state index contributed by atoms with van der Waals surface area (Å²) in [6, 6.07) is 0. The molecule has 0 aromatic heterocycles. The highest BCUT2D eigenvalue weighted by Crippen LogP contribution is 1.98. The van der Waals surface area contributed by atoms with Gasteiger partial charge in [-0.2, -0.15) is 0 Å². The molecule has 2 nitrogen and oxygen atoms in total. The first-order valence-electron chi connectivity index (χ1n) is 2.97. The summed E-state index contributed by atoms with van der Waals surface area (Å²) >= 11 is 0. The zero-order chi connectivity index (χ0) is 7.11. The van der Waals surface area contributed by atoms with Crippen molar-refractivity contribution in [1.29, 1.82) is 0 Å². The number of nitrogens with one attached hydrogen (secondary N) is 1. The topological polar surface area (TPSA) is 32.3 Å². The standard InChI is InChI=1S/C7H13NO/c1-3-4-5-7(9)6-8-2/h3,6,8-9H,1,4-5H2,2H3. The summed E-state index contributed by atoms with van der Waals surface area (Å²) in [7, 11) is 1.75. The molecule has 0 saturated carbocycles. The van der Waals surface area contributed by atoms with E-state index >= 15 is 0 Å². The lowest BCUT2D eigenvalue weighted by molar-refractivity contribution is 0.385. The predicted molar refractivity (Wildman–Crippen MR) is 39.2 cm³/mol. The van der Waals surface area contributed by atoms with Crippen LogP contribution >= 0.6 is 0 Å². The SMILES string of the molecule is C=CCCC(O)=CNC. The molecule has 9 heavy (non-hydrogen) atoms. The Bertz CT molecular complexity index is 107. The van der Waals surface area contributed by atoms with E-state index < -0.39 is 0 Å². The first-order chi connectivity index (χ1) is 4.31. The van der Waals surface area contributed by atoms with Gasteiger partial charge in [0, 0.05) is 19.7 Å². The summed E-state index contributed by atoms with van der Waals surface area (Å²) in [5.74, 6) is 0.373. The van der Waals surface area contributed by atoms with Gasteiger partial charge in [0.2, 0.25) is 0 Å². The highest BCUT2D eigenvalue weighted by atomic mass is 16.3. The minimum atomic E-state index is 0.373. The Morgan fingerprint density at radius 2 is 2.44 bits per heavy atom. The molecule has 0 aliphatic rings. The van der Waals surface area contributed by atoms with Crippen LogP contribution < -0.4 is 5.32 Å². The molecular formula is C7H13NO. The average molecular weight is 127 g/mol. The van der Waals surface area contributed by atoms with Crippen LogP contribution in [0.25, 0.3) is 0 Å². The van der Waals surface area contributed by atoms with E-state index in [0.717, 1.165) is 6.42 Å². The monoisotopic (exact) mass is 127 g/mol. The lowest BCUT2D eigenvalue weighted by atomic mass is 10.3. The van der Waals surface area contributed by atoms with E-state index in [-0.39, 0.29) is 0 Å². The van der Waals surface area contributed by atoms with Crippen molar-refractivity contribution in [2.75, 3.05) is 7.05 Å². The molecule has 0 aromatic rings. The van der Waals surface area contributed by atoms with Crippen LogP contribution in [-0.4, -0.2) is 12.2 Å². The quantitative estimate of drug-likeness (QED) is 0.444. The van der Waals surface area contributed by atoms with Crippen LogP contribution in [0.2, 0.25) is 0 Å². The molecule has 2 heteroatoms. The van der Waals surface area contributed by atoms with Crippen molar-refractivity contribution in [2.24, 2.45) is 0 Å². The summed E-state index contributed by atoms with van der Waals surface area (Å²) < 4.78 is 0. The number of allylic oxidation sites excluding steroid dienone is 2. The normalized spacial score (nSPS) is 11.0. The molecule has 0 rings (SSSR count). The molecule has 0 fully saturated rings. The van der Waals surface area contributed by atoms with Crippen LogP contribution in [0.3, 0.4) is 0 Å². The molecule has 2 N–H and O–H groups in total. The van der Waals surface area contributed by atoms with Gasteiger partial charge in [0.1, 0.15) is 5.76 Å². The second kappa shape index (κ2) is 5.22. The molecule has 0 aliphatic heterocycles. The zero-order valence-electron chi connectivity index (χ0n) is 5.72. The van der Waals surface area contributed by atoms with Crippen LogP contribution in [0.15, 0.2) is 24.6 Å². The van der Waals surface area contributed by atoms with Crippen LogP contribution in [0.5, 0.6) is 0 Å². The number of aliphatic hydroxyl groups is 1. The maximum absolute atomic E-state index is 8.93. The summed E-state index contributed by atoms with van der Waals surface area (Å²) in [4.78, 5) is 0. The van der Waals surface area contributed by atoms with Gasteiger partial charge in [-0.05, 0) is 6.42 Å². The highest BCUT2D eigenvalue weighted by Gasteiger charge is 1.86. The Labute approximate surface area is 55.9 Å². The van der Waals surface area contributed by atoms with Crippen LogP contribution in [0.1, 0.15) is 12.8 Å². The molecule has 0 heterocycles. The third kappa shape index (κ3) is 4.94. The van der Waals surface area contributed by atoms with Gasteiger partial charge in [0.15, 0.2) is 0 Å². The van der Waals surface area contributed by atoms with E-state index in [1.165, 1.54) is 0 Å². The van der Waals surface area contributed by atoms with Crippen LogP contribution in [0.4, 0.5) is 0 Å². The summed E-state index contributed by atoms with van der Waals surface area (Å²) in [5.41, 5.74) is 0. The molecule has 0 atom stereocenters. The van der Waals surface area contributed by atoms with Crippen molar-refractivity contribution in [3.63, 3.8) is 0 Å². The van der Waals surface area contributed by atoms with Gasteiger partial charge in [0.05, 0.1) is 0 Å². The van der Waals surface area contributed by atoms with Crippen molar-refractivity contribution < 1.29 is 5.11 Å². The fourth-order valence-electron chi connectivity index (χ4n) is 0.489. The highest BCUT2D eigenvalue weighted by molar-refractivity contribution is 4.90. The van der Waals surface area contributed by atoms with Gasteiger partial charge in [-0.25, -0.2) is 0 Å². The van der Waals surface area contributed by atoms with E-state index in [9.17, 15) is 0 Å². The maximum Gasteiger partial charge on any atom is 0.108 e. The lowest BCUT2D eigenvalue weighted by Crippen LogP contribution is -1.95. The van der Waals surface area contributed by atoms with E-state index in [4.69, 9.17) is 5.11 Å². The van der Waals surface area contributed by atoms with Gasteiger partial charge >= 0.3 is 0 Å². The lowest BCUT2D eigenvalue weighted by Gasteiger charge is -1.94. The van der Waals surface area contributed by atoms with Crippen molar-refractivity contribution in [2.45, 2.75) is 12.8 Å². The summed E-state index contributed by atoms with van der Waals surface area (Å²) in [5, 5.41) is 11.7. The molecule has 0 unspecified atom stereocenters. The van der Waals surface area contributed by atoms with Crippen molar-refractivity contribution in [3.8, 4) is 0 Å². The Kier molecular flexibility index (Phi) is 4.69. The average Bonchev–Trinajstić information content (AvgIpc) is 1.85. The minimum Gasteiger partial charge on any atom is -0.511 e. The molecular weight excluding hydrogens is 114 g/mol. The predicted octanol–water partition coefficient (Wildman–Crippen LogP) is 1.57. The number of hydrogen-bond donors (Lipinski definition) is 2. The molecule has 52 valence electrons. The number of aliphatic hydroxyl groups excluding tert-OH is 1. The fraction of sp³-hybridized carbons (Fsp3) is 0.429. The van der Waals surface area contributed by atoms with Crippen LogP contribution in [0, 0.1) is 0 Å². The Balaban J connectivity index is 3.36. The van der Waals surface area contributed by atoms with Crippen molar-refractivity contribution in [1.82, 2.24) is 5.32 Å². The maximum atomic E-state index is 8.93. The molecule has 0 aliphatic carbocycles. The second-order valence-electron chi connectivity index (χ2n) is 1.75. The van der Waals surface area contributed by atoms with E-state index in [1.807, 2.05) is 0 Å². The molecule has 0 aromatic carbocycles. The Morgan fingerprint density at radius 1 is 1.78 bits per heavy atom. The zero-order valence-corrected chi connectivity index (χ0v) is 5.72. The van der Waals surface area contributed by atoms with E-state index in [2.05, 4.69) is 11.9 Å². The smallest absolute Gasteiger partial charge is 0.108 e. The largest absolute Gasteiger partial charge is 0.511 e. The molecule has 0 saturated heterocycles. The first kappa shape index (κ1) is 8.08. The minimum absolute atomic E-state index is 0.373. The van der Waals surface area contributed by atoms with Gasteiger partial charge in [-0.15, -0.1) is 6.58 Å². The van der Waals surface area contributed by atoms with Crippen molar-refractivity contribution in [3.05, 3.63) is 24.6 Å². The fourth-order valence-corrected chi connectivity index (χ4v) is 0.489. The van der Waals surface area contributed by atoms with Gasteiger partial charge in [0.25, 0.3) is 0 Å². The third-order valence-electron chi connectivity index (χ3n) is 0.916. The van der Waals surface area contributed by atoms with Gasteiger partial charge < -0.3 is 10.4 Å². The van der Waals surface area contributed by atoms with Crippen molar-refractivity contribution >= 4 is 0 Å². The molecule has 0 amide bonds. The molecule has 0 radical (unpaired) electrons. The summed E-state index contributed by atoms with van der Waals surface area (Å²) in [6.45, 7) is 3.53. The number of hydrogen-bond acceptors (Lipinski definition) is 2. The van der Waals surface area contributed by atoms with Gasteiger partial charge in [-0.3, -0.25) is 0 Å². The molecule has 0 bridgehead atoms. The van der Waals surface area contributed by atoms with Crippen LogP contribution in [-0.2, 0) is 0 Å². The number of rotatable bonds is 4. The van der Waals surface area contributed by atoms with Gasteiger partial charge in [-0.1, -0.05) is 6.08 Å². The second-order valence-corrected chi connectivity index (χ2v) is 1.75. The Hall–Kier alpha value is -0.920.